The van der Waals surface area contributed by atoms with Crippen LogP contribution in [-0.4, -0.2) is 15.1 Å². The first-order valence-electron chi connectivity index (χ1n) is 8.22. The summed E-state index contributed by atoms with van der Waals surface area (Å²) in [4.78, 5) is 19.6. The Balaban J connectivity index is 1.67. The zero-order valence-corrected chi connectivity index (χ0v) is 14.7. The lowest BCUT2D eigenvalue weighted by atomic mass is 10.2. The quantitative estimate of drug-likeness (QED) is 0.694. The third-order valence-electron chi connectivity index (χ3n) is 3.90. The van der Waals surface area contributed by atoms with Crippen molar-refractivity contribution in [3.05, 3.63) is 58.0 Å². The summed E-state index contributed by atoms with van der Waals surface area (Å²) in [5.74, 6) is 2.00. The largest absolute Gasteiger partial charge is 0.338 e. The summed E-state index contributed by atoms with van der Waals surface area (Å²) >= 11 is 1.63. The number of aromatic nitrogens is 3. The number of pyridine rings is 1. The molecule has 0 aliphatic carbocycles. The summed E-state index contributed by atoms with van der Waals surface area (Å²) in [6.07, 6.45) is 3.02. The number of rotatable bonds is 7. The van der Waals surface area contributed by atoms with Crippen molar-refractivity contribution in [3.63, 3.8) is 0 Å². The van der Waals surface area contributed by atoms with Crippen LogP contribution >= 0.6 is 11.8 Å². The number of nitrogens with one attached hydrogen (secondary N) is 1. The molecule has 0 spiro atoms. The van der Waals surface area contributed by atoms with Gasteiger partial charge in [-0.15, -0.1) is 11.8 Å². The van der Waals surface area contributed by atoms with Gasteiger partial charge in [0, 0.05) is 23.3 Å². The van der Waals surface area contributed by atoms with Gasteiger partial charge in [0.1, 0.15) is 0 Å². The smallest absolute Gasteiger partial charge is 0.252 e. The van der Waals surface area contributed by atoms with E-state index in [1.165, 1.54) is 0 Å². The summed E-state index contributed by atoms with van der Waals surface area (Å²) < 4.78 is 5.34. The lowest BCUT2D eigenvalue weighted by Gasteiger charge is -2.07. The van der Waals surface area contributed by atoms with Gasteiger partial charge in [-0.3, -0.25) is 4.79 Å². The van der Waals surface area contributed by atoms with Crippen molar-refractivity contribution in [3.8, 4) is 0 Å². The molecule has 24 heavy (non-hydrogen) atoms. The lowest BCUT2D eigenvalue weighted by molar-refractivity contribution is 0.374. The molecule has 6 heteroatoms. The van der Waals surface area contributed by atoms with Crippen LogP contribution in [0.15, 0.2) is 39.6 Å². The molecule has 5 nitrogen and oxygen atoms in total. The van der Waals surface area contributed by atoms with E-state index in [4.69, 9.17) is 4.52 Å². The number of fused-ring (bicyclic) bond motifs is 1. The highest BCUT2D eigenvalue weighted by Crippen LogP contribution is 2.29. The Morgan fingerprint density at radius 1 is 1.33 bits per heavy atom. The molecule has 2 aromatic heterocycles. The number of hydrogen-bond donors (Lipinski definition) is 1. The monoisotopic (exact) mass is 343 g/mol. The summed E-state index contributed by atoms with van der Waals surface area (Å²) in [5.41, 5.74) is 1.58. The molecule has 2 heterocycles. The molecule has 3 aromatic rings. The number of hydrogen-bond acceptors (Lipinski definition) is 5. The molecule has 0 aliphatic heterocycles. The van der Waals surface area contributed by atoms with E-state index >= 15 is 0 Å². The van der Waals surface area contributed by atoms with Gasteiger partial charge in [0.05, 0.1) is 5.25 Å². The number of thioether (sulfide) groups is 1. The molecule has 0 saturated carbocycles. The van der Waals surface area contributed by atoms with E-state index in [2.05, 4.69) is 22.0 Å². The average Bonchev–Trinajstić information content (AvgIpc) is 3.07. The van der Waals surface area contributed by atoms with Gasteiger partial charge in [-0.05, 0) is 30.9 Å². The average molecular weight is 343 g/mol. The van der Waals surface area contributed by atoms with Gasteiger partial charge in [0.15, 0.2) is 5.82 Å². The normalized spacial score (nSPS) is 12.6. The van der Waals surface area contributed by atoms with Gasteiger partial charge in [0.25, 0.3) is 5.56 Å². The van der Waals surface area contributed by atoms with Crippen LogP contribution in [-0.2, 0) is 12.2 Å². The van der Waals surface area contributed by atoms with Crippen LogP contribution in [0.5, 0.6) is 0 Å². The van der Waals surface area contributed by atoms with E-state index in [0.717, 1.165) is 41.6 Å². The lowest BCUT2D eigenvalue weighted by Crippen LogP contribution is -2.11. The van der Waals surface area contributed by atoms with Gasteiger partial charge >= 0.3 is 0 Å². The second kappa shape index (κ2) is 7.66. The molecule has 3 rings (SSSR count). The van der Waals surface area contributed by atoms with E-state index in [1.807, 2.05) is 37.3 Å². The van der Waals surface area contributed by atoms with Crippen LogP contribution in [0.2, 0.25) is 0 Å². The number of para-hydroxylation sites is 1. The van der Waals surface area contributed by atoms with Crippen LogP contribution in [0.25, 0.3) is 10.9 Å². The molecule has 0 saturated heterocycles. The molecule has 1 aromatic carbocycles. The predicted molar refractivity (Wildman–Crippen MR) is 97.2 cm³/mol. The number of aryl methyl sites for hydroxylation is 1. The van der Waals surface area contributed by atoms with Crippen molar-refractivity contribution < 1.29 is 4.52 Å². The molecule has 0 bridgehead atoms. The molecule has 0 radical (unpaired) electrons. The van der Waals surface area contributed by atoms with Gasteiger partial charge in [0.2, 0.25) is 5.89 Å². The zero-order valence-electron chi connectivity index (χ0n) is 13.9. The molecule has 0 aliphatic rings. The Morgan fingerprint density at radius 2 is 2.17 bits per heavy atom. The van der Waals surface area contributed by atoms with Crippen molar-refractivity contribution in [2.75, 3.05) is 0 Å². The SMILES string of the molecule is CCCCc1noc([C@H](C)SCc2cc3ccccc3[nH]c2=O)n1. The molecule has 1 atom stereocenters. The molecule has 0 unspecified atom stereocenters. The minimum atomic E-state index is -0.0393. The first-order chi connectivity index (χ1) is 11.7. The van der Waals surface area contributed by atoms with Crippen molar-refractivity contribution in [2.45, 2.75) is 44.1 Å². The fourth-order valence-corrected chi connectivity index (χ4v) is 3.34. The molecular formula is C18H21N3O2S. The van der Waals surface area contributed by atoms with E-state index in [9.17, 15) is 4.79 Å². The Kier molecular flexibility index (Phi) is 5.35. The van der Waals surface area contributed by atoms with Crippen LogP contribution in [0, 0.1) is 0 Å². The molecule has 0 amide bonds. The Labute approximate surface area is 144 Å². The van der Waals surface area contributed by atoms with Gasteiger partial charge in [-0.2, -0.15) is 4.98 Å². The maximum atomic E-state index is 12.2. The fourth-order valence-electron chi connectivity index (χ4n) is 2.45. The summed E-state index contributed by atoms with van der Waals surface area (Å²) in [5, 5.41) is 5.12. The number of nitrogens with zero attached hydrogens (tertiary/aromatic N) is 2. The van der Waals surface area contributed by atoms with E-state index in [1.54, 1.807) is 11.8 Å². The van der Waals surface area contributed by atoms with E-state index < -0.39 is 0 Å². The van der Waals surface area contributed by atoms with Gasteiger partial charge in [-0.25, -0.2) is 0 Å². The van der Waals surface area contributed by atoms with Crippen LogP contribution in [0.3, 0.4) is 0 Å². The number of H-pyrrole nitrogens is 1. The van der Waals surface area contributed by atoms with Crippen molar-refractivity contribution >= 4 is 22.7 Å². The van der Waals surface area contributed by atoms with Gasteiger partial charge in [-0.1, -0.05) is 36.7 Å². The van der Waals surface area contributed by atoms with Crippen LogP contribution < -0.4 is 5.56 Å². The van der Waals surface area contributed by atoms with Gasteiger partial charge < -0.3 is 9.51 Å². The second-order valence-corrected chi connectivity index (χ2v) is 7.15. The Hall–Kier alpha value is -2.08. The van der Waals surface area contributed by atoms with Crippen LogP contribution in [0.4, 0.5) is 0 Å². The first kappa shape index (κ1) is 16.8. The summed E-state index contributed by atoms with van der Waals surface area (Å²) in [6.45, 7) is 4.16. The number of aromatic amines is 1. The standard InChI is InChI=1S/C18H21N3O2S/c1-3-4-9-16-20-18(23-21-16)12(2)24-11-14-10-13-7-5-6-8-15(13)19-17(14)22/h5-8,10,12H,3-4,9,11H2,1-2H3,(H,19,22)/t12-/m0/s1. The van der Waals surface area contributed by atoms with E-state index in [0.29, 0.717) is 11.6 Å². The minimum Gasteiger partial charge on any atom is -0.338 e. The van der Waals surface area contributed by atoms with E-state index in [-0.39, 0.29) is 10.8 Å². The third kappa shape index (κ3) is 3.87. The highest BCUT2D eigenvalue weighted by Gasteiger charge is 2.15. The maximum absolute atomic E-state index is 12.2. The Morgan fingerprint density at radius 3 is 3.00 bits per heavy atom. The maximum Gasteiger partial charge on any atom is 0.252 e. The molecule has 1 N–H and O–H groups in total. The second-order valence-electron chi connectivity index (χ2n) is 5.82. The van der Waals surface area contributed by atoms with Crippen molar-refractivity contribution in [2.24, 2.45) is 0 Å². The highest BCUT2D eigenvalue weighted by molar-refractivity contribution is 7.98. The summed E-state index contributed by atoms with van der Waals surface area (Å²) in [7, 11) is 0. The highest BCUT2D eigenvalue weighted by atomic mass is 32.2. The third-order valence-corrected chi connectivity index (χ3v) is 5.08. The van der Waals surface area contributed by atoms with Crippen LogP contribution in [0.1, 0.15) is 49.2 Å². The minimum absolute atomic E-state index is 0.0393. The zero-order chi connectivity index (χ0) is 16.9. The van der Waals surface area contributed by atoms with Crippen molar-refractivity contribution in [1.82, 2.24) is 15.1 Å². The molecular weight excluding hydrogens is 322 g/mol. The topological polar surface area (TPSA) is 71.8 Å². The summed E-state index contributed by atoms with van der Waals surface area (Å²) in [6, 6.07) is 9.75. The predicted octanol–water partition coefficient (Wildman–Crippen LogP) is 4.25. The molecule has 126 valence electrons. The Bertz CT molecular complexity index is 872. The first-order valence-corrected chi connectivity index (χ1v) is 9.27. The number of benzene rings is 1. The fraction of sp³-hybridized carbons (Fsp3) is 0.389. The van der Waals surface area contributed by atoms with Crippen molar-refractivity contribution in [1.29, 1.82) is 0 Å². The molecule has 0 fully saturated rings. The number of unbranched alkanes of at least 4 members (excludes halogenated alkanes) is 1.